The predicted octanol–water partition coefficient (Wildman–Crippen LogP) is 2.14. The van der Waals surface area contributed by atoms with Crippen LogP contribution in [0, 0.1) is 6.92 Å². The Balaban J connectivity index is 3.22. The van der Waals surface area contributed by atoms with Gasteiger partial charge in [0, 0.05) is 10.0 Å². The number of benzene rings is 1. The summed E-state index contributed by atoms with van der Waals surface area (Å²) in [5.41, 5.74) is 1.38. The van der Waals surface area contributed by atoms with Crippen molar-refractivity contribution >= 4 is 28.0 Å². The molecular formula is C9H7BrO2. The summed E-state index contributed by atoms with van der Waals surface area (Å²) in [5, 5.41) is 0. The molecule has 0 aliphatic carbocycles. The van der Waals surface area contributed by atoms with E-state index in [0.29, 0.717) is 16.3 Å². The number of rotatable bonds is 2. The predicted molar refractivity (Wildman–Crippen MR) is 49.3 cm³/mol. The third-order valence-electron chi connectivity index (χ3n) is 1.49. The first-order valence-corrected chi connectivity index (χ1v) is 4.20. The molecule has 12 heavy (non-hydrogen) atoms. The molecule has 0 spiro atoms. The van der Waals surface area contributed by atoms with Crippen molar-refractivity contribution < 1.29 is 9.59 Å². The average molecular weight is 227 g/mol. The van der Waals surface area contributed by atoms with E-state index in [2.05, 4.69) is 15.9 Å². The van der Waals surface area contributed by atoms with E-state index in [0.717, 1.165) is 5.56 Å². The van der Waals surface area contributed by atoms with Crippen molar-refractivity contribution in [2.24, 2.45) is 0 Å². The van der Waals surface area contributed by atoms with Crippen LogP contribution in [0.4, 0.5) is 0 Å². The maximum Gasteiger partial charge on any atom is 0.226 e. The molecule has 0 aromatic heterocycles. The molecule has 0 aliphatic rings. The number of carbonyl (C=O) groups is 2. The third-order valence-corrected chi connectivity index (χ3v) is 2.19. The lowest BCUT2D eigenvalue weighted by molar-refractivity contribution is -0.104. The fraction of sp³-hybridized carbons (Fsp3) is 0.111. The van der Waals surface area contributed by atoms with Gasteiger partial charge in [-0.05, 0) is 19.1 Å². The molecule has 0 amide bonds. The highest BCUT2D eigenvalue weighted by Crippen LogP contribution is 2.17. The van der Waals surface area contributed by atoms with Gasteiger partial charge in [-0.25, -0.2) is 0 Å². The van der Waals surface area contributed by atoms with Gasteiger partial charge in [0.05, 0.1) is 0 Å². The number of aldehydes is 1. The summed E-state index contributed by atoms with van der Waals surface area (Å²) in [5.74, 6) is -0.495. The largest absolute Gasteiger partial charge is 0.294 e. The second-order valence-corrected chi connectivity index (χ2v) is 3.32. The molecule has 0 unspecified atom stereocenters. The molecule has 0 heterocycles. The van der Waals surface area contributed by atoms with Crippen LogP contribution in [-0.2, 0) is 4.79 Å². The molecule has 0 N–H and O–H groups in total. The Morgan fingerprint density at radius 2 is 2.17 bits per heavy atom. The lowest BCUT2D eigenvalue weighted by Gasteiger charge is -1.99. The molecule has 0 saturated carbocycles. The zero-order valence-electron chi connectivity index (χ0n) is 6.50. The molecule has 62 valence electrons. The average Bonchev–Trinajstić information content (AvgIpc) is 2.08. The minimum atomic E-state index is -0.495. The molecule has 3 heteroatoms. The highest BCUT2D eigenvalue weighted by Gasteiger charge is 2.07. The van der Waals surface area contributed by atoms with E-state index >= 15 is 0 Å². The van der Waals surface area contributed by atoms with Crippen LogP contribution in [0.1, 0.15) is 15.9 Å². The maximum absolute atomic E-state index is 11.0. The number of Topliss-reactive ketones (excluding diaryl/α,β-unsaturated/α-hetero) is 1. The fourth-order valence-electron chi connectivity index (χ4n) is 0.891. The maximum atomic E-state index is 11.0. The van der Waals surface area contributed by atoms with E-state index in [-0.39, 0.29) is 0 Å². The third kappa shape index (κ3) is 1.80. The first-order chi connectivity index (χ1) is 5.65. The Morgan fingerprint density at radius 1 is 1.50 bits per heavy atom. The monoisotopic (exact) mass is 226 g/mol. The van der Waals surface area contributed by atoms with Gasteiger partial charge in [0.2, 0.25) is 5.78 Å². The van der Waals surface area contributed by atoms with Gasteiger partial charge >= 0.3 is 0 Å². The number of aryl methyl sites for hydroxylation is 1. The molecule has 1 aromatic rings. The number of ketones is 1. The number of hydrogen-bond donors (Lipinski definition) is 0. The Labute approximate surface area is 78.7 Å². The van der Waals surface area contributed by atoms with E-state index in [4.69, 9.17) is 0 Å². The summed E-state index contributed by atoms with van der Waals surface area (Å²) < 4.78 is 0.658. The molecule has 0 saturated heterocycles. The van der Waals surface area contributed by atoms with E-state index in [1.807, 2.05) is 13.0 Å². The Bertz CT molecular complexity index is 331. The first kappa shape index (κ1) is 9.13. The minimum absolute atomic E-state index is 0.319. The zero-order valence-corrected chi connectivity index (χ0v) is 8.09. The molecular weight excluding hydrogens is 220 g/mol. The second-order valence-electron chi connectivity index (χ2n) is 2.47. The summed E-state index contributed by atoms with van der Waals surface area (Å²) in [6, 6.07) is 5.30. The number of hydrogen-bond acceptors (Lipinski definition) is 2. The first-order valence-electron chi connectivity index (χ1n) is 3.41. The standard InChI is InChI=1S/C9H7BrO2/c1-6-2-3-8(10)7(4-6)9(12)5-11/h2-5H,1H3. The highest BCUT2D eigenvalue weighted by atomic mass is 79.9. The summed E-state index contributed by atoms with van der Waals surface area (Å²) in [6.45, 7) is 1.87. The van der Waals surface area contributed by atoms with Crippen molar-refractivity contribution in [3.8, 4) is 0 Å². The van der Waals surface area contributed by atoms with Gasteiger partial charge in [0.1, 0.15) is 0 Å². The van der Waals surface area contributed by atoms with Crippen molar-refractivity contribution in [2.45, 2.75) is 6.92 Å². The fourth-order valence-corrected chi connectivity index (χ4v) is 1.33. The van der Waals surface area contributed by atoms with Crippen LogP contribution < -0.4 is 0 Å². The molecule has 0 atom stereocenters. The van der Waals surface area contributed by atoms with Crippen molar-refractivity contribution in [3.05, 3.63) is 33.8 Å². The van der Waals surface area contributed by atoms with Crippen molar-refractivity contribution in [1.29, 1.82) is 0 Å². The van der Waals surface area contributed by atoms with Gasteiger partial charge in [-0.2, -0.15) is 0 Å². The van der Waals surface area contributed by atoms with Crippen LogP contribution in [0.2, 0.25) is 0 Å². The highest BCUT2D eigenvalue weighted by molar-refractivity contribution is 9.10. The molecule has 2 nitrogen and oxygen atoms in total. The van der Waals surface area contributed by atoms with Crippen molar-refractivity contribution in [2.75, 3.05) is 0 Å². The number of carbonyl (C=O) groups excluding carboxylic acids is 2. The molecule has 1 rings (SSSR count). The van der Waals surface area contributed by atoms with Crippen LogP contribution in [0.15, 0.2) is 22.7 Å². The van der Waals surface area contributed by atoms with Crippen LogP contribution in [0.25, 0.3) is 0 Å². The number of halogens is 1. The molecule has 0 fully saturated rings. The summed E-state index contributed by atoms with van der Waals surface area (Å²) in [4.78, 5) is 21.2. The van der Waals surface area contributed by atoms with E-state index in [1.165, 1.54) is 0 Å². The summed E-state index contributed by atoms with van der Waals surface area (Å²) in [7, 11) is 0. The van der Waals surface area contributed by atoms with Crippen molar-refractivity contribution in [1.82, 2.24) is 0 Å². The van der Waals surface area contributed by atoms with Crippen LogP contribution >= 0.6 is 15.9 Å². The lowest BCUT2D eigenvalue weighted by atomic mass is 10.1. The Hall–Kier alpha value is -0.960. The lowest BCUT2D eigenvalue weighted by Crippen LogP contribution is -2.01. The smallest absolute Gasteiger partial charge is 0.226 e. The van der Waals surface area contributed by atoms with Crippen LogP contribution in [0.5, 0.6) is 0 Å². The molecule has 0 bridgehead atoms. The van der Waals surface area contributed by atoms with Crippen LogP contribution in [-0.4, -0.2) is 12.1 Å². The SMILES string of the molecule is Cc1ccc(Br)c(C(=O)C=O)c1. The molecule has 0 radical (unpaired) electrons. The van der Waals surface area contributed by atoms with Crippen LogP contribution in [0.3, 0.4) is 0 Å². The summed E-state index contributed by atoms with van der Waals surface area (Å²) >= 11 is 3.19. The van der Waals surface area contributed by atoms with Crippen molar-refractivity contribution in [3.63, 3.8) is 0 Å². The van der Waals surface area contributed by atoms with E-state index < -0.39 is 5.78 Å². The topological polar surface area (TPSA) is 34.1 Å². The van der Waals surface area contributed by atoms with E-state index in [9.17, 15) is 9.59 Å². The van der Waals surface area contributed by atoms with E-state index in [1.54, 1.807) is 12.1 Å². The Kier molecular flexibility index (Phi) is 2.76. The summed E-state index contributed by atoms with van der Waals surface area (Å²) in [6.07, 6.45) is 0.319. The minimum Gasteiger partial charge on any atom is -0.294 e. The normalized spacial score (nSPS) is 9.50. The second kappa shape index (κ2) is 3.63. The van der Waals surface area contributed by atoms with Gasteiger partial charge in [0.15, 0.2) is 6.29 Å². The molecule has 0 aliphatic heterocycles. The van der Waals surface area contributed by atoms with Gasteiger partial charge in [-0.3, -0.25) is 9.59 Å². The van der Waals surface area contributed by atoms with Gasteiger partial charge in [-0.15, -0.1) is 0 Å². The molecule has 1 aromatic carbocycles. The van der Waals surface area contributed by atoms with Gasteiger partial charge in [0.25, 0.3) is 0 Å². The van der Waals surface area contributed by atoms with Gasteiger partial charge < -0.3 is 0 Å². The Morgan fingerprint density at radius 3 is 2.75 bits per heavy atom. The zero-order chi connectivity index (χ0) is 9.14. The quantitative estimate of drug-likeness (QED) is 0.440. The van der Waals surface area contributed by atoms with Gasteiger partial charge in [-0.1, -0.05) is 27.6 Å².